The van der Waals surface area contributed by atoms with E-state index in [2.05, 4.69) is 31.1 Å². The SMILES string of the molecule is CC(C)C1(C)C=NC=CN1. The van der Waals surface area contributed by atoms with Gasteiger partial charge in [-0.2, -0.15) is 0 Å². The largest absolute Gasteiger partial charge is 0.379 e. The standard InChI is InChI=1S/C8H14N2/c1-7(2)8(3)6-9-4-5-10-8/h4-7,10H,1-3H3. The van der Waals surface area contributed by atoms with Crippen molar-refractivity contribution < 1.29 is 0 Å². The molecule has 1 N–H and O–H groups in total. The molecule has 1 aliphatic heterocycles. The van der Waals surface area contributed by atoms with Gasteiger partial charge in [0.15, 0.2) is 0 Å². The van der Waals surface area contributed by atoms with E-state index in [0.29, 0.717) is 5.92 Å². The van der Waals surface area contributed by atoms with Gasteiger partial charge < -0.3 is 5.32 Å². The molecule has 1 aliphatic rings. The van der Waals surface area contributed by atoms with Crippen LogP contribution < -0.4 is 5.32 Å². The second kappa shape index (κ2) is 2.45. The first kappa shape index (κ1) is 7.32. The van der Waals surface area contributed by atoms with Crippen LogP contribution in [0.15, 0.2) is 17.4 Å². The molecule has 0 aromatic heterocycles. The molecule has 0 aliphatic carbocycles. The summed E-state index contributed by atoms with van der Waals surface area (Å²) >= 11 is 0. The molecule has 0 spiro atoms. The quantitative estimate of drug-likeness (QED) is 0.584. The summed E-state index contributed by atoms with van der Waals surface area (Å²) in [7, 11) is 0. The molecule has 1 unspecified atom stereocenters. The lowest BCUT2D eigenvalue weighted by atomic mass is 9.89. The lowest BCUT2D eigenvalue weighted by Gasteiger charge is -2.31. The van der Waals surface area contributed by atoms with Gasteiger partial charge in [0.05, 0.1) is 5.54 Å². The predicted octanol–water partition coefficient (Wildman–Crippen LogP) is 1.55. The second-order valence-corrected chi connectivity index (χ2v) is 3.18. The summed E-state index contributed by atoms with van der Waals surface area (Å²) < 4.78 is 0. The molecule has 0 saturated heterocycles. The molecular weight excluding hydrogens is 124 g/mol. The monoisotopic (exact) mass is 138 g/mol. The lowest BCUT2D eigenvalue weighted by Crippen LogP contribution is -2.46. The minimum Gasteiger partial charge on any atom is -0.379 e. The third-order valence-corrected chi connectivity index (χ3v) is 2.10. The van der Waals surface area contributed by atoms with Crippen molar-refractivity contribution in [3.63, 3.8) is 0 Å². The van der Waals surface area contributed by atoms with Gasteiger partial charge in [0.2, 0.25) is 0 Å². The molecule has 2 heteroatoms. The van der Waals surface area contributed by atoms with Crippen molar-refractivity contribution in [1.29, 1.82) is 0 Å². The van der Waals surface area contributed by atoms with Gasteiger partial charge in [0, 0.05) is 18.6 Å². The van der Waals surface area contributed by atoms with E-state index < -0.39 is 0 Å². The van der Waals surface area contributed by atoms with E-state index in [0.717, 1.165) is 0 Å². The molecule has 0 bridgehead atoms. The maximum Gasteiger partial charge on any atom is 0.0716 e. The van der Waals surface area contributed by atoms with Gasteiger partial charge in [0.1, 0.15) is 0 Å². The van der Waals surface area contributed by atoms with Crippen LogP contribution in [0, 0.1) is 5.92 Å². The van der Waals surface area contributed by atoms with E-state index >= 15 is 0 Å². The molecule has 10 heavy (non-hydrogen) atoms. The molecule has 0 amide bonds. The molecule has 0 aromatic rings. The van der Waals surface area contributed by atoms with E-state index in [-0.39, 0.29) is 5.54 Å². The van der Waals surface area contributed by atoms with Gasteiger partial charge >= 0.3 is 0 Å². The summed E-state index contributed by atoms with van der Waals surface area (Å²) in [6, 6.07) is 0. The molecule has 56 valence electrons. The van der Waals surface area contributed by atoms with Crippen LogP contribution >= 0.6 is 0 Å². The van der Waals surface area contributed by atoms with Gasteiger partial charge in [-0.15, -0.1) is 0 Å². The highest BCUT2D eigenvalue weighted by Gasteiger charge is 2.25. The Labute approximate surface area is 62.0 Å². The molecule has 2 nitrogen and oxygen atoms in total. The normalized spacial score (nSPS) is 30.8. The van der Waals surface area contributed by atoms with Crippen molar-refractivity contribution in [3.8, 4) is 0 Å². The highest BCUT2D eigenvalue weighted by molar-refractivity contribution is 5.71. The Balaban J connectivity index is 2.70. The van der Waals surface area contributed by atoms with Crippen LogP contribution in [0.3, 0.4) is 0 Å². The van der Waals surface area contributed by atoms with Crippen LogP contribution in [0.1, 0.15) is 20.8 Å². The summed E-state index contributed by atoms with van der Waals surface area (Å²) in [4.78, 5) is 4.08. The van der Waals surface area contributed by atoms with E-state index in [1.54, 1.807) is 6.20 Å². The average Bonchev–Trinajstić information content (AvgIpc) is 1.89. The second-order valence-electron chi connectivity index (χ2n) is 3.18. The van der Waals surface area contributed by atoms with Crippen LogP contribution in [0.5, 0.6) is 0 Å². The molecule has 0 aromatic carbocycles. The van der Waals surface area contributed by atoms with Crippen LogP contribution in [0.4, 0.5) is 0 Å². The Bertz CT molecular complexity index is 170. The number of nitrogens with one attached hydrogen (secondary N) is 1. The number of rotatable bonds is 1. The third kappa shape index (κ3) is 1.20. The molecule has 0 fully saturated rings. The average molecular weight is 138 g/mol. The number of hydrogen-bond acceptors (Lipinski definition) is 2. The zero-order valence-corrected chi connectivity index (χ0v) is 6.76. The van der Waals surface area contributed by atoms with E-state index in [4.69, 9.17) is 0 Å². The van der Waals surface area contributed by atoms with E-state index in [1.165, 1.54) is 0 Å². The summed E-state index contributed by atoms with van der Waals surface area (Å²) in [5.74, 6) is 0.571. The Hall–Kier alpha value is -0.790. The van der Waals surface area contributed by atoms with Gasteiger partial charge in [-0.1, -0.05) is 13.8 Å². The Morgan fingerprint density at radius 3 is 2.50 bits per heavy atom. The molecule has 0 radical (unpaired) electrons. The topological polar surface area (TPSA) is 24.4 Å². The van der Waals surface area contributed by atoms with Crippen molar-refractivity contribution in [1.82, 2.24) is 5.32 Å². The van der Waals surface area contributed by atoms with Crippen LogP contribution in [0.2, 0.25) is 0 Å². The Kier molecular flexibility index (Phi) is 1.79. The fourth-order valence-electron chi connectivity index (χ4n) is 0.811. The highest BCUT2D eigenvalue weighted by atomic mass is 15.0. The zero-order chi connectivity index (χ0) is 7.61. The maximum absolute atomic E-state index is 4.08. The molecule has 0 saturated carbocycles. The minimum atomic E-state index is 0.0503. The number of aliphatic imine (C=N–C) groups is 1. The first-order valence-electron chi connectivity index (χ1n) is 3.62. The summed E-state index contributed by atoms with van der Waals surface area (Å²) in [6.45, 7) is 6.50. The molecule has 1 rings (SSSR count). The summed E-state index contributed by atoms with van der Waals surface area (Å²) in [5.41, 5.74) is 0.0503. The van der Waals surface area contributed by atoms with Crippen molar-refractivity contribution in [3.05, 3.63) is 12.4 Å². The highest BCUT2D eigenvalue weighted by Crippen LogP contribution is 2.15. The van der Waals surface area contributed by atoms with Crippen LogP contribution in [0.25, 0.3) is 0 Å². The van der Waals surface area contributed by atoms with Crippen molar-refractivity contribution in [2.75, 3.05) is 0 Å². The van der Waals surface area contributed by atoms with Gasteiger partial charge in [-0.3, -0.25) is 4.99 Å². The molecule has 1 atom stereocenters. The number of nitrogens with zero attached hydrogens (tertiary/aromatic N) is 1. The van der Waals surface area contributed by atoms with Gasteiger partial charge in [0.25, 0.3) is 0 Å². The Morgan fingerprint density at radius 2 is 2.20 bits per heavy atom. The van der Waals surface area contributed by atoms with Crippen LogP contribution in [-0.4, -0.2) is 11.8 Å². The Morgan fingerprint density at radius 1 is 1.50 bits per heavy atom. The number of hydrogen-bond donors (Lipinski definition) is 1. The minimum absolute atomic E-state index is 0.0503. The van der Waals surface area contributed by atoms with E-state index in [1.807, 2.05) is 12.4 Å². The molecular formula is C8H14N2. The lowest BCUT2D eigenvalue weighted by molar-refractivity contribution is 0.398. The van der Waals surface area contributed by atoms with Gasteiger partial charge in [-0.25, -0.2) is 0 Å². The third-order valence-electron chi connectivity index (χ3n) is 2.10. The predicted molar refractivity (Wildman–Crippen MR) is 44.0 cm³/mol. The first-order valence-corrected chi connectivity index (χ1v) is 3.62. The smallest absolute Gasteiger partial charge is 0.0716 e. The fraction of sp³-hybridized carbons (Fsp3) is 0.625. The fourth-order valence-corrected chi connectivity index (χ4v) is 0.811. The van der Waals surface area contributed by atoms with Gasteiger partial charge in [-0.05, 0) is 12.8 Å². The van der Waals surface area contributed by atoms with E-state index in [9.17, 15) is 0 Å². The maximum atomic E-state index is 4.08. The van der Waals surface area contributed by atoms with Crippen LogP contribution in [-0.2, 0) is 0 Å². The van der Waals surface area contributed by atoms with Crippen molar-refractivity contribution in [2.24, 2.45) is 10.9 Å². The summed E-state index contributed by atoms with van der Waals surface area (Å²) in [5, 5.41) is 3.27. The van der Waals surface area contributed by atoms with Crippen molar-refractivity contribution >= 4 is 6.21 Å². The molecule has 1 heterocycles. The zero-order valence-electron chi connectivity index (χ0n) is 6.76. The van der Waals surface area contributed by atoms with Crippen molar-refractivity contribution in [2.45, 2.75) is 26.3 Å². The summed E-state index contributed by atoms with van der Waals surface area (Å²) in [6.07, 6.45) is 5.61. The first-order chi connectivity index (χ1) is 4.65.